The fraction of sp³-hybridized carbons (Fsp3) is 1.00. The van der Waals surface area contributed by atoms with Crippen LogP contribution in [0.25, 0.3) is 0 Å². The van der Waals surface area contributed by atoms with E-state index in [1.807, 2.05) is 0 Å². The Morgan fingerprint density at radius 3 is 1.50 bits per heavy atom. The Kier molecular flexibility index (Phi) is 7.86. The third-order valence-electron chi connectivity index (χ3n) is 0.907. The maximum absolute atomic E-state index is 9.91. The van der Waals surface area contributed by atoms with E-state index in [0.717, 1.165) is 0 Å². The highest BCUT2D eigenvalue weighted by Gasteiger charge is 1.95. The minimum absolute atomic E-state index is 0.129. The molecule has 2 atom stereocenters. The molecule has 0 aromatic rings. The van der Waals surface area contributed by atoms with Crippen LogP contribution in [0.4, 0.5) is 0 Å². The quantitative estimate of drug-likeness (QED) is 0.464. The van der Waals surface area contributed by atoms with E-state index in [2.05, 4.69) is 8.37 Å². The van der Waals surface area contributed by atoms with Crippen molar-refractivity contribution in [2.75, 3.05) is 13.2 Å². The number of hydrogen-bond acceptors (Lipinski definition) is 4. The number of rotatable bonds is 7. The van der Waals surface area contributed by atoms with Gasteiger partial charge in [0.1, 0.15) is 0 Å². The molecule has 0 fully saturated rings. The fourth-order valence-electron chi connectivity index (χ4n) is 0.465. The Balaban J connectivity index is 3.01. The first kappa shape index (κ1) is 12.1. The molecule has 2 unspecified atom stereocenters. The van der Waals surface area contributed by atoms with Gasteiger partial charge in [0.25, 0.3) is 0 Å². The van der Waals surface area contributed by atoms with Crippen LogP contribution in [-0.2, 0) is 31.1 Å². The van der Waals surface area contributed by atoms with Crippen molar-refractivity contribution in [3.63, 3.8) is 0 Å². The first-order chi connectivity index (χ1) is 5.63. The summed E-state index contributed by atoms with van der Waals surface area (Å²) in [6.07, 6.45) is 1.01. The highest BCUT2D eigenvalue weighted by atomic mass is 32.2. The average molecular weight is 218 g/mol. The topological polar surface area (TPSA) is 93.1 Å². The van der Waals surface area contributed by atoms with Crippen LogP contribution in [0.5, 0.6) is 0 Å². The minimum atomic E-state index is -2.23. The fourth-order valence-corrected chi connectivity index (χ4v) is 0.985. The van der Waals surface area contributed by atoms with Crippen LogP contribution >= 0.6 is 0 Å². The van der Waals surface area contributed by atoms with Crippen LogP contribution in [0.3, 0.4) is 0 Å². The molecule has 0 bridgehead atoms. The molecule has 0 saturated heterocycles. The van der Waals surface area contributed by atoms with E-state index < -0.39 is 22.7 Å². The molecule has 12 heavy (non-hydrogen) atoms. The standard InChI is InChI=1S/C4H10O6S2/c5-11(6)9-3-1-2-4-10-12(7)8/h1-4H2,(H,5,6)(H,7,8). The van der Waals surface area contributed by atoms with Gasteiger partial charge in [-0.15, -0.1) is 0 Å². The monoisotopic (exact) mass is 218 g/mol. The molecule has 2 N–H and O–H groups in total. The zero-order valence-electron chi connectivity index (χ0n) is 6.17. The molecule has 0 radical (unpaired) electrons. The predicted octanol–water partition coefficient (Wildman–Crippen LogP) is 0.0732. The Morgan fingerprint density at radius 1 is 0.917 bits per heavy atom. The van der Waals surface area contributed by atoms with Crippen molar-refractivity contribution in [3.05, 3.63) is 0 Å². The molecule has 0 aromatic carbocycles. The average Bonchev–Trinajstić information content (AvgIpc) is 1.95. The van der Waals surface area contributed by atoms with E-state index in [1.54, 1.807) is 0 Å². The molecule has 0 aromatic heterocycles. The van der Waals surface area contributed by atoms with Crippen molar-refractivity contribution in [1.82, 2.24) is 0 Å². The lowest BCUT2D eigenvalue weighted by Gasteiger charge is -1.98. The van der Waals surface area contributed by atoms with Gasteiger partial charge >= 0.3 is 22.7 Å². The lowest BCUT2D eigenvalue weighted by Crippen LogP contribution is -2.01. The summed E-state index contributed by atoms with van der Waals surface area (Å²) in [5.41, 5.74) is 0. The van der Waals surface area contributed by atoms with Gasteiger partial charge in [0.05, 0.1) is 13.2 Å². The molecule has 0 saturated carbocycles. The van der Waals surface area contributed by atoms with Crippen molar-refractivity contribution in [1.29, 1.82) is 0 Å². The smallest absolute Gasteiger partial charge is 0.284 e. The lowest BCUT2D eigenvalue weighted by molar-refractivity contribution is 0.262. The molecule has 0 aliphatic rings. The second kappa shape index (κ2) is 7.77. The highest BCUT2D eigenvalue weighted by Crippen LogP contribution is 1.93. The summed E-state index contributed by atoms with van der Waals surface area (Å²) in [5.74, 6) is 0. The van der Waals surface area contributed by atoms with Crippen LogP contribution in [-0.4, -0.2) is 30.7 Å². The maximum Gasteiger partial charge on any atom is 0.301 e. The molecule has 0 spiro atoms. The molecule has 8 heteroatoms. The van der Waals surface area contributed by atoms with Crippen LogP contribution in [0.2, 0.25) is 0 Å². The Morgan fingerprint density at radius 2 is 1.25 bits per heavy atom. The second-order valence-electron chi connectivity index (χ2n) is 1.79. The third kappa shape index (κ3) is 10.1. The van der Waals surface area contributed by atoms with Crippen molar-refractivity contribution in [2.45, 2.75) is 12.8 Å². The third-order valence-corrected chi connectivity index (χ3v) is 1.64. The Labute approximate surface area is 75.2 Å². The van der Waals surface area contributed by atoms with Crippen LogP contribution in [0.15, 0.2) is 0 Å². The summed E-state index contributed by atoms with van der Waals surface area (Å²) >= 11 is -4.46. The van der Waals surface area contributed by atoms with Crippen LogP contribution in [0.1, 0.15) is 12.8 Å². The van der Waals surface area contributed by atoms with Gasteiger partial charge in [-0.25, -0.2) is 0 Å². The SMILES string of the molecule is O=S(O)OCCCCOS(=O)O. The van der Waals surface area contributed by atoms with E-state index >= 15 is 0 Å². The van der Waals surface area contributed by atoms with E-state index in [4.69, 9.17) is 9.11 Å². The van der Waals surface area contributed by atoms with Gasteiger partial charge in [0, 0.05) is 0 Å². The molecular weight excluding hydrogens is 208 g/mol. The largest absolute Gasteiger partial charge is 0.301 e. The summed E-state index contributed by atoms with van der Waals surface area (Å²) in [6.45, 7) is 0.259. The zero-order chi connectivity index (χ0) is 9.40. The highest BCUT2D eigenvalue weighted by molar-refractivity contribution is 7.74. The summed E-state index contributed by atoms with van der Waals surface area (Å²) in [4.78, 5) is 0. The predicted molar refractivity (Wildman–Crippen MR) is 42.7 cm³/mol. The van der Waals surface area contributed by atoms with Crippen molar-refractivity contribution in [3.8, 4) is 0 Å². The molecular formula is C4H10O6S2. The van der Waals surface area contributed by atoms with Gasteiger partial charge in [-0.3, -0.25) is 17.5 Å². The van der Waals surface area contributed by atoms with Gasteiger partial charge in [-0.1, -0.05) is 0 Å². The Hall–Kier alpha value is 0.140. The first-order valence-corrected chi connectivity index (χ1v) is 5.17. The number of hydrogen-bond donors (Lipinski definition) is 2. The molecule has 0 amide bonds. The molecule has 0 aliphatic heterocycles. The van der Waals surface area contributed by atoms with Crippen molar-refractivity contribution >= 4 is 22.7 Å². The van der Waals surface area contributed by atoms with Gasteiger partial charge < -0.3 is 0 Å². The van der Waals surface area contributed by atoms with E-state index in [1.165, 1.54) is 0 Å². The maximum atomic E-state index is 9.91. The second-order valence-corrected chi connectivity index (χ2v) is 3.13. The van der Waals surface area contributed by atoms with E-state index in [-0.39, 0.29) is 13.2 Å². The summed E-state index contributed by atoms with van der Waals surface area (Å²) in [5, 5.41) is 0. The van der Waals surface area contributed by atoms with E-state index in [0.29, 0.717) is 12.8 Å². The van der Waals surface area contributed by atoms with Crippen LogP contribution in [0, 0.1) is 0 Å². The first-order valence-electron chi connectivity index (χ1n) is 3.11. The van der Waals surface area contributed by atoms with Crippen molar-refractivity contribution < 1.29 is 25.9 Å². The minimum Gasteiger partial charge on any atom is -0.284 e. The van der Waals surface area contributed by atoms with Crippen molar-refractivity contribution in [2.24, 2.45) is 0 Å². The normalized spacial score (nSPS) is 15.8. The van der Waals surface area contributed by atoms with E-state index in [9.17, 15) is 8.42 Å². The molecule has 0 aliphatic carbocycles. The molecule has 0 rings (SSSR count). The Bertz CT molecular complexity index is 142. The molecule has 74 valence electrons. The van der Waals surface area contributed by atoms with Crippen LogP contribution < -0.4 is 0 Å². The summed E-state index contributed by atoms with van der Waals surface area (Å²) < 4.78 is 44.6. The zero-order valence-corrected chi connectivity index (χ0v) is 7.81. The lowest BCUT2D eigenvalue weighted by atomic mass is 10.3. The molecule has 0 heterocycles. The number of unbranched alkanes of at least 4 members (excludes halogenated alkanes) is 1. The summed E-state index contributed by atoms with van der Waals surface area (Å²) in [6, 6.07) is 0. The van der Waals surface area contributed by atoms with Gasteiger partial charge in [0.15, 0.2) is 0 Å². The van der Waals surface area contributed by atoms with Gasteiger partial charge in [0.2, 0.25) is 0 Å². The summed E-state index contributed by atoms with van der Waals surface area (Å²) in [7, 11) is 0. The molecule has 6 nitrogen and oxygen atoms in total. The van der Waals surface area contributed by atoms with Gasteiger partial charge in [-0.2, -0.15) is 8.42 Å². The van der Waals surface area contributed by atoms with Gasteiger partial charge in [-0.05, 0) is 12.8 Å².